The standard InChI is InChI=1S/C8H19NO2S/c1-6(2)7(3)8(4)9-12(5,10)11/h6-9H,1-5H3. The quantitative estimate of drug-likeness (QED) is 0.729. The van der Waals surface area contributed by atoms with Gasteiger partial charge >= 0.3 is 0 Å². The van der Waals surface area contributed by atoms with E-state index in [1.807, 2.05) is 13.8 Å². The SMILES string of the molecule is CC(C)C(C)C(C)NS(C)(=O)=O. The third-order valence-electron chi connectivity index (χ3n) is 2.24. The maximum atomic E-state index is 10.9. The summed E-state index contributed by atoms with van der Waals surface area (Å²) in [5.41, 5.74) is 0. The first kappa shape index (κ1) is 11.9. The minimum Gasteiger partial charge on any atom is -0.213 e. The van der Waals surface area contributed by atoms with Crippen LogP contribution in [-0.2, 0) is 10.0 Å². The highest BCUT2D eigenvalue weighted by molar-refractivity contribution is 7.88. The average Bonchev–Trinajstić information content (AvgIpc) is 1.82. The topological polar surface area (TPSA) is 46.2 Å². The van der Waals surface area contributed by atoms with Crippen LogP contribution in [0.1, 0.15) is 27.7 Å². The zero-order valence-electron chi connectivity index (χ0n) is 8.46. The maximum absolute atomic E-state index is 10.9. The minimum atomic E-state index is -3.05. The van der Waals surface area contributed by atoms with Gasteiger partial charge in [-0.15, -0.1) is 0 Å². The summed E-state index contributed by atoms with van der Waals surface area (Å²) in [6, 6.07) is 0.0139. The average molecular weight is 193 g/mol. The molecule has 0 spiro atoms. The molecule has 0 aromatic heterocycles. The molecule has 0 radical (unpaired) electrons. The molecule has 0 aliphatic carbocycles. The van der Waals surface area contributed by atoms with Crippen LogP contribution >= 0.6 is 0 Å². The molecule has 0 aromatic carbocycles. The van der Waals surface area contributed by atoms with E-state index in [1.165, 1.54) is 6.26 Å². The van der Waals surface area contributed by atoms with E-state index in [4.69, 9.17) is 0 Å². The van der Waals surface area contributed by atoms with Crippen LogP contribution in [0.25, 0.3) is 0 Å². The number of hydrogen-bond acceptors (Lipinski definition) is 2. The first-order valence-electron chi connectivity index (χ1n) is 4.21. The maximum Gasteiger partial charge on any atom is 0.208 e. The van der Waals surface area contributed by atoms with Gasteiger partial charge in [-0.1, -0.05) is 20.8 Å². The lowest BCUT2D eigenvalue weighted by atomic mass is 9.92. The smallest absolute Gasteiger partial charge is 0.208 e. The van der Waals surface area contributed by atoms with Crippen molar-refractivity contribution >= 4 is 10.0 Å². The monoisotopic (exact) mass is 193 g/mol. The fourth-order valence-corrected chi connectivity index (χ4v) is 1.91. The van der Waals surface area contributed by atoms with Crippen molar-refractivity contribution in [2.45, 2.75) is 33.7 Å². The van der Waals surface area contributed by atoms with Gasteiger partial charge in [0, 0.05) is 6.04 Å². The molecule has 0 heterocycles. The Balaban J connectivity index is 4.14. The van der Waals surface area contributed by atoms with E-state index in [2.05, 4.69) is 18.6 Å². The van der Waals surface area contributed by atoms with Crippen molar-refractivity contribution < 1.29 is 8.42 Å². The molecule has 0 saturated heterocycles. The molecule has 2 unspecified atom stereocenters. The van der Waals surface area contributed by atoms with Crippen LogP contribution in [0, 0.1) is 11.8 Å². The second kappa shape index (κ2) is 4.23. The second-order valence-corrected chi connectivity index (χ2v) is 5.56. The Kier molecular flexibility index (Phi) is 4.20. The Morgan fingerprint density at radius 3 is 1.75 bits per heavy atom. The summed E-state index contributed by atoms with van der Waals surface area (Å²) in [7, 11) is -3.05. The summed E-state index contributed by atoms with van der Waals surface area (Å²) < 4.78 is 24.3. The summed E-state index contributed by atoms with van der Waals surface area (Å²) in [4.78, 5) is 0. The summed E-state index contributed by atoms with van der Waals surface area (Å²) in [5.74, 6) is 0.856. The second-order valence-electron chi connectivity index (χ2n) is 3.78. The van der Waals surface area contributed by atoms with Crippen LogP contribution in [0.3, 0.4) is 0 Å². The van der Waals surface area contributed by atoms with E-state index >= 15 is 0 Å². The molecule has 0 aliphatic heterocycles. The van der Waals surface area contributed by atoms with Crippen LogP contribution < -0.4 is 4.72 Å². The Morgan fingerprint density at radius 1 is 1.08 bits per heavy atom. The van der Waals surface area contributed by atoms with Crippen molar-refractivity contribution in [2.24, 2.45) is 11.8 Å². The summed E-state index contributed by atoms with van der Waals surface area (Å²) in [6.45, 7) is 8.12. The van der Waals surface area contributed by atoms with Gasteiger partial charge in [0.15, 0.2) is 0 Å². The highest BCUT2D eigenvalue weighted by atomic mass is 32.2. The molecular weight excluding hydrogens is 174 g/mol. The van der Waals surface area contributed by atoms with Gasteiger partial charge in [0.1, 0.15) is 0 Å². The zero-order chi connectivity index (χ0) is 9.94. The highest BCUT2D eigenvalue weighted by Crippen LogP contribution is 2.14. The fourth-order valence-electron chi connectivity index (χ4n) is 1.02. The summed E-state index contributed by atoms with van der Waals surface area (Å²) in [6.07, 6.45) is 1.19. The van der Waals surface area contributed by atoms with E-state index in [9.17, 15) is 8.42 Å². The molecule has 0 bridgehead atoms. The van der Waals surface area contributed by atoms with Crippen LogP contribution in [0.2, 0.25) is 0 Å². The first-order valence-corrected chi connectivity index (χ1v) is 6.10. The van der Waals surface area contributed by atoms with Gasteiger partial charge in [0.2, 0.25) is 10.0 Å². The van der Waals surface area contributed by atoms with Gasteiger partial charge in [-0.25, -0.2) is 13.1 Å². The van der Waals surface area contributed by atoms with E-state index < -0.39 is 10.0 Å². The summed E-state index contributed by atoms with van der Waals surface area (Å²) >= 11 is 0. The van der Waals surface area contributed by atoms with Crippen LogP contribution in [0.5, 0.6) is 0 Å². The van der Waals surface area contributed by atoms with Crippen molar-refractivity contribution in [2.75, 3.05) is 6.26 Å². The molecule has 0 saturated carbocycles. The lowest BCUT2D eigenvalue weighted by molar-refractivity contribution is 0.344. The predicted molar refractivity (Wildman–Crippen MR) is 51.4 cm³/mol. The molecule has 3 nitrogen and oxygen atoms in total. The minimum absolute atomic E-state index is 0.0139. The Labute approximate surface area is 75.6 Å². The summed E-state index contributed by atoms with van der Waals surface area (Å²) in [5, 5.41) is 0. The largest absolute Gasteiger partial charge is 0.213 e. The van der Waals surface area contributed by atoms with Gasteiger partial charge in [-0.2, -0.15) is 0 Å². The van der Waals surface area contributed by atoms with Crippen LogP contribution in [0.4, 0.5) is 0 Å². The lowest BCUT2D eigenvalue weighted by Crippen LogP contribution is -2.38. The van der Waals surface area contributed by atoms with Crippen LogP contribution in [-0.4, -0.2) is 20.7 Å². The molecule has 2 atom stereocenters. The van der Waals surface area contributed by atoms with E-state index in [0.717, 1.165) is 0 Å². The Hall–Kier alpha value is -0.0900. The van der Waals surface area contributed by atoms with Crippen molar-refractivity contribution in [3.05, 3.63) is 0 Å². The molecule has 0 aliphatic rings. The molecule has 0 aromatic rings. The van der Waals surface area contributed by atoms with Gasteiger partial charge in [-0.3, -0.25) is 0 Å². The third-order valence-corrected chi connectivity index (χ3v) is 3.04. The van der Waals surface area contributed by atoms with E-state index in [-0.39, 0.29) is 6.04 Å². The van der Waals surface area contributed by atoms with Crippen molar-refractivity contribution in [1.29, 1.82) is 0 Å². The molecule has 0 fully saturated rings. The van der Waals surface area contributed by atoms with Gasteiger partial charge in [-0.05, 0) is 18.8 Å². The van der Waals surface area contributed by atoms with Gasteiger partial charge < -0.3 is 0 Å². The number of nitrogens with one attached hydrogen (secondary N) is 1. The fraction of sp³-hybridized carbons (Fsp3) is 1.00. The van der Waals surface area contributed by atoms with Crippen molar-refractivity contribution in [1.82, 2.24) is 4.72 Å². The van der Waals surface area contributed by atoms with Gasteiger partial charge in [0.25, 0.3) is 0 Å². The predicted octanol–water partition coefficient (Wildman–Crippen LogP) is 1.22. The molecule has 0 amide bonds. The lowest BCUT2D eigenvalue weighted by Gasteiger charge is -2.23. The number of hydrogen-bond donors (Lipinski definition) is 1. The number of sulfonamides is 1. The molecule has 0 rings (SSSR count). The highest BCUT2D eigenvalue weighted by Gasteiger charge is 2.18. The zero-order valence-corrected chi connectivity index (χ0v) is 9.27. The normalized spacial score (nSPS) is 17.8. The van der Waals surface area contributed by atoms with E-state index in [1.54, 1.807) is 0 Å². The van der Waals surface area contributed by atoms with Crippen LogP contribution in [0.15, 0.2) is 0 Å². The van der Waals surface area contributed by atoms with Gasteiger partial charge in [0.05, 0.1) is 6.26 Å². The first-order chi connectivity index (χ1) is 5.24. The van der Waals surface area contributed by atoms with Crippen molar-refractivity contribution in [3.63, 3.8) is 0 Å². The molecule has 74 valence electrons. The Bertz CT molecular complexity index is 221. The molecular formula is C8H19NO2S. The third kappa shape index (κ3) is 4.72. The Morgan fingerprint density at radius 2 is 1.50 bits per heavy atom. The van der Waals surface area contributed by atoms with Crippen molar-refractivity contribution in [3.8, 4) is 0 Å². The molecule has 4 heteroatoms. The molecule has 1 N–H and O–H groups in total. The van der Waals surface area contributed by atoms with E-state index in [0.29, 0.717) is 11.8 Å². The molecule has 12 heavy (non-hydrogen) atoms. The number of rotatable bonds is 4.